The molecule has 3 fully saturated rings. The molecule has 0 saturated carbocycles. The summed E-state index contributed by atoms with van der Waals surface area (Å²) in [6.07, 6.45) is 0.909. The number of hydrogen-bond donors (Lipinski definition) is 2. The molecule has 0 aromatic heterocycles. The van der Waals surface area contributed by atoms with Crippen LogP contribution < -0.4 is 5.32 Å². The van der Waals surface area contributed by atoms with E-state index in [1.165, 1.54) is 0 Å². The third-order valence-corrected chi connectivity index (χ3v) is 6.37. The lowest BCUT2D eigenvalue weighted by Gasteiger charge is -2.39. The number of hydrogen-bond acceptors (Lipinski definition) is 5. The van der Waals surface area contributed by atoms with Crippen LogP contribution >= 0.6 is 23.2 Å². The summed E-state index contributed by atoms with van der Waals surface area (Å²) in [4.78, 5) is 16.8. The number of nitrogens with one attached hydrogen (secondary N) is 1. The van der Waals surface area contributed by atoms with Gasteiger partial charge in [0.2, 0.25) is 5.91 Å². The summed E-state index contributed by atoms with van der Waals surface area (Å²) < 4.78 is 5.77. The molecule has 0 spiro atoms. The minimum atomic E-state index is 0.00250. The van der Waals surface area contributed by atoms with Crippen molar-refractivity contribution in [3.63, 3.8) is 0 Å². The Morgan fingerprint density at radius 3 is 2.92 bits per heavy atom. The number of phenolic OH excluding ortho intramolecular Hbond substituents is 1. The van der Waals surface area contributed by atoms with Crippen LogP contribution in [0.3, 0.4) is 0 Å². The van der Waals surface area contributed by atoms with E-state index < -0.39 is 0 Å². The molecule has 0 bridgehead atoms. The molecular weight excluding hydrogens is 377 g/mol. The van der Waals surface area contributed by atoms with Crippen molar-refractivity contribution in [1.29, 1.82) is 0 Å². The molecular formula is C18H23Cl2N3O3. The molecule has 26 heavy (non-hydrogen) atoms. The van der Waals surface area contributed by atoms with Crippen LogP contribution in [0.4, 0.5) is 0 Å². The lowest BCUT2D eigenvalue weighted by atomic mass is 9.95. The topological polar surface area (TPSA) is 65.0 Å². The Labute approximate surface area is 163 Å². The van der Waals surface area contributed by atoms with Crippen LogP contribution in [0.2, 0.25) is 10.0 Å². The molecule has 3 aliphatic rings. The second-order valence-electron chi connectivity index (χ2n) is 7.32. The number of ether oxygens (including phenoxy) is 1. The Balaban J connectivity index is 1.46. The Hall–Kier alpha value is -1.05. The number of carbonyl (C=O) groups is 1. The fourth-order valence-electron chi connectivity index (χ4n) is 4.36. The first-order valence-electron chi connectivity index (χ1n) is 9.04. The van der Waals surface area contributed by atoms with Crippen molar-refractivity contribution in [2.24, 2.45) is 0 Å². The van der Waals surface area contributed by atoms with Gasteiger partial charge in [0.05, 0.1) is 29.3 Å². The molecule has 3 aliphatic heterocycles. The van der Waals surface area contributed by atoms with Gasteiger partial charge < -0.3 is 20.1 Å². The summed E-state index contributed by atoms with van der Waals surface area (Å²) in [5.41, 5.74) is 0.660. The first-order valence-corrected chi connectivity index (χ1v) is 9.79. The van der Waals surface area contributed by atoms with E-state index in [0.717, 1.165) is 39.2 Å². The predicted molar refractivity (Wildman–Crippen MR) is 100 cm³/mol. The van der Waals surface area contributed by atoms with Gasteiger partial charge in [-0.15, -0.1) is 0 Å². The molecule has 1 aromatic carbocycles. The number of carbonyl (C=O) groups excluding carboxylic acids is 1. The average Bonchev–Trinajstić information content (AvgIpc) is 3.04. The Bertz CT molecular complexity index is 697. The first-order chi connectivity index (χ1) is 12.5. The number of fused-ring (bicyclic) bond motifs is 1. The molecule has 4 rings (SSSR count). The third-order valence-electron chi connectivity index (χ3n) is 5.55. The summed E-state index contributed by atoms with van der Waals surface area (Å²) in [6.45, 7) is 5.00. The van der Waals surface area contributed by atoms with Gasteiger partial charge in [-0.05, 0) is 18.6 Å². The molecule has 3 heterocycles. The number of amides is 1. The minimum Gasteiger partial charge on any atom is -0.508 e. The summed E-state index contributed by atoms with van der Waals surface area (Å²) in [5, 5.41) is 14.4. The van der Waals surface area contributed by atoms with E-state index in [1.807, 2.05) is 4.90 Å². The molecule has 8 heteroatoms. The molecule has 0 aliphatic carbocycles. The van der Waals surface area contributed by atoms with Crippen molar-refractivity contribution >= 4 is 29.1 Å². The van der Waals surface area contributed by atoms with E-state index in [2.05, 4.69) is 10.2 Å². The Morgan fingerprint density at radius 1 is 1.31 bits per heavy atom. The van der Waals surface area contributed by atoms with Gasteiger partial charge in [0.25, 0.3) is 0 Å². The highest BCUT2D eigenvalue weighted by Crippen LogP contribution is 2.43. The van der Waals surface area contributed by atoms with Crippen LogP contribution in [-0.4, -0.2) is 78.8 Å². The summed E-state index contributed by atoms with van der Waals surface area (Å²) in [6, 6.07) is 3.30. The Kier molecular flexibility index (Phi) is 5.30. The maximum absolute atomic E-state index is 12.6. The Morgan fingerprint density at radius 2 is 2.15 bits per heavy atom. The smallest absolute Gasteiger partial charge is 0.237 e. The van der Waals surface area contributed by atoms with Gasteiger partial charge in [-0.1, -0.05) is 23.2 Å². The number of morpholine rings is 1. The largest absolute Gasteiger partial charge is 0.508 e. The molecule has 1 aromatic rings. The zero-order valence-electron chi connectivity index (χ0n) is 14.5. The molecule has 3 saturated heterocycles. The molecule has 3 atom stereocenters. The van der Waals surface area contributed by atoms with Crippen molar-refractivity contribution < 1.29 is 14.6 Å². The maximum Gasteiger partial charge on any atom is 0.237 e. The highest BCUT2D eigenvalue weighted by molar-refractivity contribution is 6.42. The molecule has 1 unspecified atom stereocenters. The van der Waals surface area contributed by atoms with Crippen LogP contribution in [0.1, 0.15) is 17.9 Å². The van der Waals surface area contributed by atoms with Crippen molar-refractivity contribution in [1.82, 2.24) is 15.1 Å². The van der Waals surface area contributed by atoms with Gasteiger partial charge >= 0.3 is 0 Å². The lowest BCUT2D eigenvalue weighted by Crippen LogP contribution is -2.56. The fourth-order valence-corrected chi connectivity index (χ4v) is 4.84. The van der Waals surface area contributed by atoms with E-state index in [0.29, 0.717) is 28.7 Å². The van der Waals surface area contributed by atoms with Gasteiger partial charge in [0, 0.05) is 50.2 Å². The zero-order chi connectivity index (χ0) is 18.3. The molecule has 6 nitrogen and oxygen atoms in total. The van der Waals surface area contributed by atoms with E-state index in [9.17, 15) is 9.90 Å². The summed E-state index contributed by atoms with van der Waals surface area (Å²) in [7, 11) is 0. The lowest BCUT2D eigenvalue weighted by molar-refractivity contribution is -0.138. The SMILES string of the molecule is O=C1CN(CC2CNCCO2)C[C@@H]2C[C@H](c3c(O)ccc(Cl)c3Cl)CN12. The number of benzene rings is 1. The normalized spacial score (nSPS) is 29.8. The van der Waals surface area contributed by atoms with Crippen molar-refractivity contribution in [2.75, 3.05) is 45.9 Å². The summed E-state index contributed by atoms with van der Waals surface area (Å²) >= 11 is 12.5. The van der Waals surface area contributed by atoms with Gasteiger partial charge in [0.15, 0.2) is 0 Å². The number of rotatable bonds is 3. The molecule has 1 amide bonds. The van der Waals surface area contributed by atoms with Crippen molar-refractivity contribution in [3.8, 4) is 5.75 Å². The fraction of sp³-hybridized carbons (Fsp3) is 0.611. The monoisotopic (exact) mass is 399 g/mol. The molecule has 0 radical (unpaired) electrons. The van der Waals surface area contributed by atoms with Crippen LogP contribution in [-0.2, 0) is 9.53 Å². The predicted octanol–water partition coefficient (Wildman–Crippen LogP) is 1.69. The number of piperazine rings is 1. The summed E-state index contributed by atoms with van der Waals surface area (Å²) in [5.74, 6) is 0.281. The quantitative estimate of drug-likeness (QED) is 0.809. The van der Waals surface area contributed by atoms with Crippen molar-refractivity contribution in [3.05, 3.63) is 27.7 Å². The maximum atomic E-state index is 12.6. The average molecular weight is 400 g/mol. The second kappa shape index (κ2) is 7.52. The van der Waals surface area contributed by atoms with Gasteiger partial charge in [0.1, 0.15) is 5.75 Å². The number of phenols is 1. The number of aromatic hydroxyl groups is 1. The van der Waals surface area contributed by atoms with Gasteiger partial charge in [-0.3, -0.25) is 9.69 Å². The highest BCUT2D eigenvalue weighted by atomic mass is 35.5. The van der Waals surface area contributed by atoms with E-state index in [4.69, 9.17) is 27.9 Å². The zero-order valence-corrected chi connectivity index (χ0v) is 16.0. The number of nitrogens with zero attached hydrogens (tertiary/aromatic N) is 2. The van der Waals surface area contributed by atoms with Crippen LogP contribution in [0.5, 0.6) is 5.75 Å². The van der Waals surface area contributed by atoms with Crippen LogP contribution in [0.25, 0.3) is 0 Å². The van der Waals surface area contributed by atoms with Crippen LogP contribution in [0.15, 0.2) is 12.1 Å². The van der Waals surface area contributed by atoms with Gasteiger partial charge in [-0.25, -0.2) is 0 Å². The minimum absolute atomic E-state index is 0.00250. The van der Waals surface area contributed by atoms with Gasteiger partial charge in [-0.2, -0.15) is 0 Å². The van der Waals surface area contributed by atoms with E-state index in [-0.39, 0.29) is 29.7 Å². The van der Waals surface area contributed by atoms with E-state index in [1.54, 1.807) is 12.1 Å². The third kappa shape index (κ3) is 3.53. The first kappa shape index (κ1) is 18.3. The van der Waals surface area contributed by atoms with Crippen molar-refractivity contribution in [2.45, 2.75) is 24.5 Å². The molecule has 142 valence electrons. The van der Waals surface area contributed by atoms with Crippen LogP contribution in [0, 0.1) is 0 Å². The second-order valence-corrected chi connectivity index (χ2v) is 8.10. The van der Waals surface area contributed by atoms with E-state index >= 15 is 0 Å². The molecule has 2 N–H and O–H groups in total. The standard InChI is InChI=1S/C18H23Cl2N3O3/c19-14-1-2-15(24)17(18(14)20)11-5-12-8-22(10-16(25)23(12)7-11)9-13-6-21-3-4-26-13/h1-2,11-13,21,24H,3-10H2/t11-,12-,13?/m0/s1. The number of halogens is 2. The highest BCUT2D eigenvalue weighted by Gasteiger charge is 2.42.